The van der Waals surface area contributed by atoms with Gasteiger partial charge < -0.3 is 5.32 Å². The van der Waals surface area contributed by atoms with Crippen molar-refractivity contribution in [1.29, 1.82) is 0 Å². The molecular weight excluding hydrogens is 232 g/mol. The van der Waals surface area contributed by atoms with Crippen molar-refractivity contribution in [3.05, 3.63) is 30.1 Å². The number of carbonyl (C=O) groups excluding carboxylic acids is 2. The second kappa shape index (κ2) is 4.56. The number of nitrogens with one attached hydrogen (secondary N) is 1. The molecule has 1 fully saturated rings. The molecule has 1 aliphatic rings. The Balaban J connectivity index is 2.18. The number of imide groups is 1. The van der Waals surface area contributed by atoms with Crippen molar-refractivity contribution in [2.24, 2.45) is 5.10 Å². The van der Waals surface area contributed by atoms with Crippen LogP contribution in [0.25, 0.3) is 0 Å². The van der Waals surface area contributed by atoms with Crippen LogP contribution >= 0.6 is 0 Å². The maximum atomic E-state index is 12.0. The Morgan fingerprint density at radius 2 is 2.28 bits per heavy atom. The van der Waals surface area contributed by atoms with Crippen LogP contribution in [0.4, 0.5) is 4.79 Å². The number of amides is 3. The Kier molecular flexibility index (Phi) is 3.10. The van der Waals surface area contributed by atoms with Crippen LogP contribution in [0.1, 0.15) is 26.0 Å². The molecule has 94 valence electrons. The van der Waals surface area contributed by atoms with Crippen LogP contribution in [-0.2, 0) is 4.79 Å². The number of carbonyl (C=O) groups is 2. The first-order valence-corrected chi connectivity index (χ1v) is 5.68. The summed E-state index contributed by atoms with van der Waals surface area (Å²) >= 11 is 0. The van der Waals surface area contributed by atoms with Gasteiger partial charge in [-0.2, -0.15) is 5.10 Å². The number of rotatable bonds is 3. The fraction of sp³-hybridized carbons (Fsp3) is 0.333. The lowest BCUT2D eigenvalue weighted by Gasteiger charge is -2.17. The van der Waals surface area contributed by atoms with Gasteiger partial charge in [0.25, 0.3) is 5.91 Å². The highest BCUT2D eigenvalue weighted by Gasteiger charge is 2.46. The van der Waals surface area contributed by atoms with Gasteiger partial charge in [-0.3, -0.25) is 9.78 Å². The van der Waals surface area contributed by atoms with Crippen molar-refractivity contribution < 1.29 is 9.59 Å². The molecule has 1 atom stereocenters. The van der Waals surface area contributed by atoms with E-state index < -0.39 is 11.6 Å². The predicted molar refractivity (Wildman–Crippen MR) is 65.9 cm³/mol. The van der Waals surface area contributed by atoms with Crippen LogP contribution in [0, 0.1) is 0 Å². The Labute approximate surface area is 105 Å². The van der Waals surface area contributed by atoms with E-state index in [1.807, 2.05) is 6.92 Å². The van der Waals surface area contributed by atoms with E-state index in [9.17, 15) is 9.59 Å². The van der Waals surface area contributed by atoms with E-state index in [2.05, 4.69) is 15.4 Å². The highest BCUT2D eigenvalue weighted by atomic mass is 16.2. The lowest BCUT2D eigenvalue weighted by molar-refractivity contribution is -0.130. The molecule has 1 aromatic heterocycles. The lowest BCUT2D eigenvalue weighted by Crippen LogP contribution is -2.42. The van der Waals surface area contributed by atoms with Crippen molar-refractivity contribution in [2.75, 3.05) is 0 Å². The number of hydrogen-bond donors (Lipinski definition) is 1. The van der Waals surface area contributed by atoms with Gasteiger partial charge in [-0.25, -0.2) is 4.79 Å². The van der Waals surface area contributed by atoms with Gasteiger partial charge in [0, 0.05) is 6.20 Å². The van der Waals surface area contributed by atoms with Crippen LogP contribution in [0.15, 0.2) is 29.5 Å². The molecule has 1 N–H and O–H groups in total. The number of hydrogen-bond acceptors (Lipinski definition) is 4. The van der Waals surface area contributed by atoms with Crippen LogP contribution in [0.5, 0.6) is 0 Å². The number of pyridine rings is 1. The van der Waals surface area contributed by atoms with E-state index in [0.29, 0.717) is 12.1 Å². The van der Waals surface area contributed by atoms with E-state index in [0.717, 1.165) is 5.01 Å². The monoisotopic (exact) mass is 246 g/mol. The second-order valence-corrected chi connectivity index (χ2v) is 4.23. The predicted octanol–water partition coefficient (Wildman–Crippen LogP) is 1.14. The average Bonchev–Trinajstić information content (AvgIpc) is 2.60. The average molecular weight is 246 g/mol. The molecular formula is C12H14N4O2. The molecule has 0 aliphatic carbocycles. The third-order valence-corrected chi connectivity index (χ3v) is 2.94. The van der Waals surface area contributed by atoms with E-state index in [1.165, 1.54) is 6.21 Å². The summed E-state index contributed by atoms with van der Waals surface area (Å²) in [5.41, 5.74) is -0.276. The molecule has 0 saturated carbocycles. The Hall–Kier alpha value is -2.24. The number of hydrazone groups is 1. The first-order valence-electron chi connectivity index (χ1n) is 5.68. The first kappa shape index (κ1) is 12.2. The van der Waals surface area contributed by atoms with Crippen LogP contribution < -0.4 is 5.32 Å². The summed E-state index contributed by atoms with van der Waals surface area (Å²) in [6, 6.07) is 4.81. The molecule has 6 nitrogen and oxygen atoms in total. The van der Waals surface area contributed by atoms with Gasteiger partial charge in [0.1, 0.15) is 5.54 Å². The molecule has 6 heteroatoms. The fourth-order valence-electron chi connectivity index (χ4n) is 1.58. The summed E-state index contributed by atoms with van der Waals surface area (Å²) < 4.78 is 0. The minimum Gasteiger partial charge on any atom is -0.322 e. The second-order valence-electron chi connectivity index (χ2n) is 4.23. The van der Waals surface area contributed by atoms with E-state index in [1.54, 1.807) is 31.3 Å². The molecule has 0 radical (unpaired) electrons. The van der Waals surface area contributed by atoms with E-state index in [-0.39, 0.29) is 5.91 Å². The smallest absolute Gasteiger partial charge is 0.322 e. The van der Waals surface area contributed by atoms with Gasteiger partial charge >= 0.3 is 6.03 Å². The Morgan fingerprint density at radius 1 is 1.50 bits per heavy atom. The van der Waals surface area contributed by atoms with Crippen molar-refractivity contribution >= 4 is 18.2 Å². The molecule has 0 aromatic carbocycles. The third kappa shape index (κ3) is 2.09. The Bertz CT molecular complexity index is 500. The van der Waals surface area contributed by atoms with Crippen LogP contribution in [0.3, 0.4) is 0 Å². The number of aromatic nitrogens is 1. The summed E-state index contributed by atoms with van der Waals surface area (Å²) in [5, 5.41) is 7.35. The molecule has 18 heavy (non-hydrogen) atoms. The minimum atomic E-state index is -0.863. The van der Waals surface area contributed by atoms with Crippen molar-refractivity contribution in [2.45, 2.75) is 25.8 Å². The molecule has 2 rings (SSSR count). The zero-order valence-corrected chi connectivity index (χ0v) is 10.3. The maximum absolute atomic E-state index is 12.0. The Morgan fingerprint density at radius 3 is 2.83 bits per heavy atom. The third-order valence-electron chi connectivity index (χ3n) is 2.94. The van der Waals surface area contributed by atoms with Crippen molar-refractivity contribution in [3.8, 4) is 0 Å². The molecule has 0 spiro atoms. The maximum Gasteiger partial charge on any atom is 0.346 e. The SMILES string of the molecule is CCC1(C)NC(=O)N(N=Cc2ccccn2)C1=O. The van der Waals surface area contributed by atoms with Gasteiger partial charge in [0.05, 0.1) is 11.9 Å². The first-order chi connectivity index (χ1) is 8.57. The van der Waals surface area contributed by atoms with Crippen molar-refractivity contribution in [1.82, 2.24) is 15.3 Å². The largest absolute Gasteiger partial charge is 0.346 e. The molecule has 3 amide bonds. The van der Waals surface area contributed by atoms with E-state index >= 15 is 0 Å². The minimum absolute atomic E-state index is 0.345. The highest BCUT2D eigenvalue weighted by Crippen LogP contribution is 2.20. The summed E-state index contributed by atoms with van der Waals surface area (Å²) in [7, 11) is 0. The van der Waals surface area contributed by atoms with Crippen LogP contribution in [0.2, 0.25) is 0 Å². The summed E-state index contributed by atoms with van der Waals surface area (Å²) in [4.78, 5) is 27.7. The van der Waals surface area contributed by atoms with Gasteiger partial charge in [-0.15, -0.1) is 5.01 Å². The molecule has 0 bridgehead atoms. The lowest BCUT2D eigenvalue weighted by atomic mass is 10.00. The highest BCUT2D eigenvalue weighted by molar-refractivity contribution is 6.07. The zero-order valence-electron chi connectivity index (χ0n) is 10.3. The standard InChI is InChI=1S/C12H14N4O2/c1-3-12(2)10(17)16(11(18)15-12)14-8-9-6-4-5-7-13-9/h4-8H,3H2,1-2H3,(H,15,18). The van der Waals surface area contributed by atoms with Gasteiger partial charge in [-0.05, 0) is 25.5 Å². The molecule has 1 saturated heterocycles. The molecule has 1 aliphatic heterocycles. The normalized spacial score (nSPS) is 23.8. The van der Waals surface area contributed by atoms with Gasteiger partial charge in [-0.1, -0.05) is 13.0 Å². The van der Waals surface area contributed by atoms with Crippen molar-refractivity contribution in [3.63, 3.8) is 0 Å². The van der Waals surface area contributed by atoms with Gasteiger partial charge in [0.15, 0.2) is 0 Å². The molecule has 1 aromatic rings. The van der Waals surface area contributed by atoms with E-state index in [4.69, 9.17) is 0 Å². The fourth-order valence-corrected chi connectivity index (χ4v) is 1.58. The summed E-state index contributed by atoms with van der Waals surface area (Å²) in [5.74, 6) is -0.345. The number of nitrogens with zero attached hydrogens (tertiary/aromatic N) is 3. The molecule has 1 unspecified atom stereocenters. The topological polar surface area (TPSA) is 74.7 Å². The van der Waals surface area contributed by atoms with Crippen LogP contribution in [-0.4, -0.2) is 33.7 Å². The summed E-state index contributed by atoms with van der Waals surface area (Å²) in [6.45, 7) is 3.52. The number of urea groups is 1. The van der Waals surface area contributed by atoms with Gasteiger partial charge in [0.2, 0.25) is 0 Å². The molecule has 2 heterocycles. The summed E-state index contributed by atoms with van der Waals surface area (Å²) in [6.07, 6.45) is 3.52. The quantitative estimate of drug-likeness (QED) is 0.641. The zero-order chi connectivity index (χ0) is 13.2.